The van der Waals surface area contributed by atoms with Crippen LogP contribution in [0.3, 0.4) is 0 Å². The van der Waals surface area contributed by atoms with Crippen molar-refractivity contribution in [3.8, 4) is 11.5 Å². The standard InChI is InChI=1S/C13H16N2O5.C2H6/c1-3-14(4-2)12(17)6-5-9-7-10(15(19)20)13(18)11(16)8-9;1-2/h5-8,16,18H,3-4H2,1-2H3;1-2H3/b6-5+;. The third kappa shape index (κ3) is 5.08. The predicted octanol–water partition coefficient (Wildman–Crippen LogP) is 2.91. The van der Waals surface area contributed by atoms with Crippen molar-refractivity contribution in [1.82, 2.24) is 4.90 Å². The van der Waals surface area contributed by atoms with E-state index in [4.69, 9.17) is 0 Å². The number of rotatable bonds is 5. The molecule has 7 heteroatoms. The number of phenolic OH excluding ortho intramolecular Hbond substituents is 2. The zero-order valence-corrected chi connectivity index (χ0v) is 13.2. The number of carbonyl (C=O) groups is 1. The molecule has 0 fully saturated rings. The number of amides is 1. The number of phenols is 2. The Kier molecular flexibility index (Phi) is 8.29. The molecule has 22 heavy (non-hydrogen) atoms. The number of nitro groups is 1. The first-order valence-corrected chi connectivity index (χ1v) is 7.08. The second-order valence-electron chi connectivity index (χ2n) is 4.01. The Morgan fingerprint density at radius 1 is 1.27 bits per heavy atom. The number of hydrogen-bond acceptors (Lipinski definition) is 5. The summed E-state index contributed by atoms with van der Waals surface area (Å²) in [6.07, 6.45) is 2.62. The number of carbonyl (C=O) groups excluding carboxylic acids is 1. The molecule has 0 spiro atoms. The van der Waals surface area contributed by atoms with Crippen LogP contribution < -0.4 is 0 Å². The molecule has 0 aliphatic heterocycles. The SMILES string of the molecule is CC.CCN(CC)C(=O)/C=C/c1cc(O)c(O)c([N+](=O)[O-])c1. The van der Waals surface area contributed by atoms with E-state index in [0.717, 1.165) is 12.1 Å². The fourth-order valence-electron chi connectivity index (χ4n) is 1.67. The summed E-state index contributed by atoms with van der Waals surface area (Å²) in [6.45, 7) is 8.79. The lowest BCUT2D eigenvalue weighted by atomic mass is 10.1. The average molecular weight is 310 g/mol. The molecule has 0 aliphatic rings. The van der Waals surface area contributed by atoms with Gasteiger partial charge in [-0.25, -0.2) is 0 Å². The lowest BCUT2D eigenvalue weighted by Crippen LogP contribution is -2.28. The highest BCUT2D eigenvalue weighted by molar-refractivity contribution is 5.92. The molecule has 1 aromatic rings. The number of hydrogen-bond donors (Lipinski definition) is 2. The largest absolute Gasteiger partial charge is 0.504 e. The van der Waals surface area contributed by atoms with Crippen LogP contribution in [-0.4, -0.2) is 39.0 Å². The Hall–Kier alpha value is -2.57. The van der Waals surface area contributed by atoms with E-state index in [-0.39, 0.29) is 11.5 Å². The molecule has 1 amide bonds. The van der Waals surface area contributed by atoms with Gasteiger partial charge in [0.1, 0.15) is 0 Å². The van der Waals surface area contributed by atoms with Crippen molar-refractivity contribution in [3.05, 3.63) is 33.9 Å². The van der Waals surface area contributed by atoms with Gasteiger partial charge in [-0.05, 0) is 31.6 Å². The van der Waals surface area contributed by atoms with Crippen LogP contribution in [0, 0.1) is 10.1 Å². The fraction of sp³-hybridized carbons (Fsp3) is 0.400. The Balaban J connectivity index is 0.00000211. The minimum atomic E-state index is -0.807. The van der Waals surface area contributed by atoms with Crippen LogP contribution in [0.25, 0.3) is 6.08 Å². The summed E-state index contributed by atoms with van der Waals surface area (Å²) in [7, 11) is 0. The molecule has 1 aromatic carbocycles. The highest BCUT2D eigenvalue weighted by atomic mass is 16.6. The molecule has 0 radical (unpaired) electrons. The number of likely N-dealkylation sites (N-methyl/N-ethyl adjacent to an activating group) is 1. The van der Waals surface area contributed by atoms with Gasteiger partial charge in [0, 0.05) is 25.2 Å². The van der Waals surface area contributed by atoms with Crippen molar-refractivity contribution in [2.24, 2.45) is 0 Å². The van der Waals surface area contributed by atoms with Crippen LogP contribution in [0.2, 0.25) is 0 Å². The van der Waals surface area contributed by atoms with E-state index in [1.54, 1.807) is 4.90 Å². The van der Waals surface area contributed by atoms with E-state index in [1.807, 2.05) is 27.7 Å². The predicted molar refractivity (Wildman–Crippen MR) is 84.7 cm³/mol. The maximum absolute atomic E-state index is 11.7. The molecule has 122 valence electrons. The molecule has 1 rings (SSSR count). The van der Waals surface area contributed by atoms with E-state index in [9.17, 15) is 25.1 Å². The highest BCUT2D eigenvalue weighted by Crippen LogP contribution is 2.36. The van der Waals surface area contributed by atoms with Gasteiger partial charge >= 0.3 is 5.69 Å². The van der Waals surface area contributed by atoms with Crippen molar-refractivity contribution in [2.75, 3.05) is 13.1 Å². The minimum Gasteiger partial charge on any atom is -0.504 e. The summed E-state index contributed by atoms with van der Waals surface area (Å²) in [5.41, 5.74) is -0.354. The van der Waals surface area contributed by atoms with Crippen LogP contribution >= 0.6 is 0 Å². The first-order valence-electron chi connectivity index (χ1n) is 7.08. The molecular formula is C15H22N2O5. The first-order chi connectivity index (χ1) is 10.4. The van der Waals surface area contributed by atoms with Gasteiger partial charge in [-0.3, -0.25) is 14.9 Å². The van der Waals surface area contributed by atoms with E-state index in [1.165, 1.54) is 12.2 Å². The monoisotopic (exact) mass is 310 g/mol. The van der Waals surface area contributed by atoms with Crippen molar-refractivity contribution < 1.29 is 19.9 Å². The summed E-state index contributed by atoms with van der Waals surface area (Å²) in [4.78, 5) is 23.2. The van der Waals surface area contributed by atoms with Gasteiger partial charge in [0.15, 0.2) is 5.75 Å². The number of nitrogens with zero attached hydrogens (tertiary/aromatic N) is 2. The summed E-state index contributed by atoms with van der Waals surface area (Å²) < 4.78 is 0. The summed E-state index contributed by atoms with van der Waals surface area (Å²) in [6, 6.07) is 2.23. The van der Waals surface area contributed by atoms with Gasteiger partial charge in [-0.15, -0.1) is 0 Å². The third-order valence-electron chi connectivity index (χ3n) is 2.78. The Labute approximate surface area is 129 Å². The van der Waals surface area contributed by atoms with Crippen LogP contribution in [0.15, 0.2) is 18.2 Å². The van der Waals surface area contributed by atoms with Gasteiger partial charge < -0.3 is 15.1 Å². The average Bonchev–Trinajstić information content (AvgIpc) is 2.51. The molecule has 0 atom stereocenters. The van der Waals surface area contributed by atoms with Crippen LogP contribution in [-0.2, 0) is 4.79 Å². The fourth-order valence-corrected chi connectivity index (χ4v) is 1.67. The smallest absolute Gasteiger partial charge is 0.315 e. The zero-order valence-electron chi connectivity index (χ0n) is 13.2. The number of aromatic hydroxyl groups is 2. The lowest BCUT2D eigenvalue weighted by Gasteiger charge is -2.15. The second-order valence-corrected chi connectivity index (χ2v) is 4.01. The molecule has 7 nitrogen and oxygen atoms in total. The Morgan fingerprint density at radius 3 is 2.27 bits per heavy atom. The van der Waals surface area contributed by atoms with Crippen LogP contribution in [0.1, 0.15) is 33.3 Å². The van der Waals surface area contributed by atoms with Gasteiger partial charge in [0.2, 0.25) is 11.7 Å². The molecule has 0 heterocycles. The maximum Gasteiger partial charge on any atom is 0.315 e. The highest BCUT2D eigenvalue weighted by Gasteiger charge is 2.18. The molecule has 0 saturated heterocycles. The molecular weight excluding hydrogens is 288 g/mol. The first kappa shape index (κ1) is 19.4. The van der Waals surface area contributed by atoms with Crippen molar-refractivity contribution in [3.63, 3.8) is 0 Å². The van der Waals surface area contributed by atoms with Gasteiger partial charge in [0.25, 0.3) is 0 Å². The zero-order chi connectivity index (χ0) is 17.3. The number of nitro benzene ring substituents is 1. The van der Waals surface area contributed by atoms with E-state index in [2.05, 4.69) is 0 Å². The van der Waals surface area contributed by atoms with Crippen molar-refractivity contribution in [2.45, 2.75) is 27.7 Å². The maximum atomic E-state index is 11.7. The Morgan fingerprint density at radius 2 is 1.82 bits per heavy atom. The van der Waals surface area contributed by atoms with Gasteiger partial charge in [-0.2, -0.15) is 0 Å². The molecule has 0 aliphatic carbocycles. The quantitative estimate of drug-likeness (QED) is 0.376. The van der Waals surface area contributed by atoms with Crippen LogP contribution in [0.4, 0.5) is 5.69 Å². The van der Waals surface area contributed by atoms with Crippen LogP contribution in [0.5, 0.6) is 11.5 Å². The van der Waals surface area contributed by atoms with E-state index < -0.39 is 22.1 Å². The molecule has 0 bridgehead atoms. The van der Waals surface area contributed by atoms with Gasteiger partial charge in [0.05, 0.1) is 4.92 Å². The molecule has 0 unspecified atom stereocenters. The van der Waals surface area contributed by atoms with Crippen molar-refractivity contribution in [1.29, 1.82) is 0 Å². The number of benzene rings is 1. The lowest BCUT2D eigenvalue weighted by molar-refractivity contribution is -0.386. The molecule has 2 N–H and O–H groups in total. The Bertz CT molecular complexity index is 551. The minimum absolute atomic E-state index is 0.231. The summed E-state index contributed by atoms with van der Waals surface area (Å²) in [5, 5.41) is 29.5. The topological polar surface area (TPSA) is 104 Å². The third-order valence-corrected chi connectivity index (χ3v) is 2.78. The normalized spacial score (nSPS) is 10.0. The molecule has 0 aromatic heterocycles. The summed E-state index contributed by atoms with van der Waals surface area (Å²) >= 11 is 0. The van der Waals surface area contributed by atoms with Gasteiger partial charge in [-0.1, -0.05) is 13.8 Å². The van der Waals surface area contributed by atoms with E-state index >= 15 is 0 Å². The second kappa shape index (κ2) is 9.38. The van der Waals surface area contributed by atoms with E-state index in [0.29, 0.717) is 13.1 Å². The summed E-state index contributed by atoms with van der Waals surface area (Å²) in [5.74, 6) is -1.62. The van der Waals surface area contributed by atoms with Crippen molar-refractivity contribution >= 4 is 17.7 Å². The molecule has 0 saturated carbocycles.